The number of sulfonamides is 1. The summed E-state index contributed by atoms with van der Waals surface area (Å²) in [5.41, 5.74) is 1.96. The molecule has 1 saturated heterocycles. The zero-order valence-corrected chi connectivity index (χ0v) is 21.5. The van der Waals surface area contributed by atoms with E-state index in [1.54, 1.807) is 24.3 Å². The molecule has 1 fully saturated rings. The number of nitrogens with one attached hydrogen (secondary N) is 1. The molecule has 1 aromatic heterocycles. The van der Waals surface area contributed by atoms with Crippen molar-refractivity contribution >= 4 is 56.2 Å². The monoisotopic (exact) mass is 553 g/mol. The summed E-state index contributed by atoms with van der Waals surface area (Å²) in [7, 11) is -3.88. The third-order valence-electron chi connectivity index (χ3n) is 5.80. The van der Waals surface area contributed by atoms with E-state index >= 15 is 0 Å². The summed E-state index contributed by atoms with van der Waals surface area (Å²) in [6, 6.07) is 13.6. The smallest absolute Gasteiger partial charge is 0.264 e. The Balaban J connectivity index is 1.16. The first-order chi connectivity index (χ1) is 16.8. The molecule has 35 heavy (non-hydrogen) atoms. The van der Waals surface area contributed by atoms with Crippen molar-refractivity contribution in [1.82, 2.24) is 9.80 Å². The van der Waals surface area contributed by atoms with E-state index < -0.39 is 10.0 Å². The van der Waals surface area contributed by atoms with Crippen LogP contribution >= 0.6 is 34.5 Å². The van der Waals surface area contributed by atoms with Gasteiger partial charge in [-0.15, -0.1) is 11.3 Å². The maximum absolute atomic E-state index is 13.0. The van der Waals surface area contributed by atoms with Crippen LogP contribution in [-0.4, -0.2) is 57.1 Å². The van der Waals surface area contributed by atoms with E-state index in [9.17, 15) is 13.2 Å². The second-order valence-corrected chi connectivity index (χ2v) is 12.1. The molecule has 12 heteroatoms. The maximum atomic E-state index is 13.0. The average molecular weight is 554 g/mol. The molecule has 3 heterocycles. The van der Waals surface area contributed by atoms with Crippen LogP contribution in [0.4, 0.5) is 5.69 Å². The molecule has 1 amide bonds. The Morgan fingerprint density at radius 1 is 0.971 bits per heavy atom. The number of halogens is 2. The number of nitrogens with zero attached hydrogens (tertiary/aromatic N) is 2. The van der Waals surface area contributed by atoms with E-state index in [1.807, 2.05) is 23.1 Å². The summed E-state index contributed by atoms with van der Waals surface area (Å²) in [5, 5.41) is 0. The van der Waals surface area contributed by atoms with Gasteiger partial charge < -0.3 is 14.4 Å². The highest BCUT2D eigenvalue weighted by atomic mass is 35.5. The lowest BCUT2D eigenvalue weighted by Crippen LogP contribution is -2.48. The fraction of sp³-hybridized carbons (Fsp3) is 0.261. The largest absolute Gasteiger partial charge is 0.454 e. The van der Waals surface area contributed by atoms with Crippen LogP contribution < -0.4 is 14.2 Å². The quantitative estimate of drug-likeness (QED) is 0.482. The van der Waals surface area contributed by atoms with Crippen LogP contribution in [0.25, 0.3) is 0 Å². The average Bonchev–Trinajstić information content (AvgIpc) is 3.45. The van der Waals surface area contributed by atoms with Gasteiger partial charge in [0.1, 0.15) is 9.23 Å². The van der Waals surface area contributed by atoms with Crippen LogP contribution in [0.2, 0.25) is 8.67 Å². The van der Waals surface area contributed by atoms with Gasteiger partial charge in [0.05, 0.1) is 4.34 Å². The lowest BCUT2D eigenvalue weighted by atomic mass is 10.1. The third kappa shape index (κ3) is 5.36. The first-order valence-electron chi connectivity index (χ1n) is 10.8. The molecule has 2 aromatic carbocycles. The minimum absolute atomic E-state index is 0.0760. The number of rotatable bonds is 6. The van der Waals surface area contributed by atoms with Crippen molar-refractivity contribution in [3.05, 3.63) is 68.3 Å². The molecular weight excluding hydrogens is 533 g/mol. The van der Waals surface area contributed by atoms with Gasteiger partial charge in [-0.25, -0.2) is 8.42 Å². The number of anilines is 1. The Labute approximate surface area is 217 Å². The highest BCUT2D eigenvalue weighted by molar-refractivity contribution is 7.93. The number of hydrogen-bond acceptors (Lipinski definition) is 7. The first kappa shape index (κ1) is 24.2. The molecule has 2 aliphatic heterocycles. The zero-order chi connectivity index (χ0) is 24.6. The number of hydrogen-bond donors (Lipinski definition) is 1. The topological polar surface area (TPSA) is 88.2 Å². The molecule has 0 radical (unpaired) electrons. The van der Waals surface area contributed by atoms with E-state index in [-0.39, 0.29) is 26.3 Å². The van der Waals surface area contributed by atoms with E-state index in [0.717, 1.165) is 48.0 Å². The number of fused-ring (bicyclic) bond motifs is 1. The van der Waals surface area contributed by atoms with Crippen molar-refractivity contribution in [2.24, 2.45) is 0 Å². The number of benzene rings is 2. The van der Waals surface area contributed by atoms with Gasteiger partial charge in [-0.3, -0.25) is 14.4 Å². The minimum Gasteiger partial charge on any atom is -0.454 e. The predicted octanol–water partition coefficient (Wildman–Crippen LogP) is 4.54. The van der Waals surface area contributed by atoms with Gasteiger partial charge in [-0.2, -0.15) is 0 Å². The third-order valence-corrected chi connectivity index (χ3v) is 8.94. The van der Waals surface area contributed by atoms with E-state index in [4.69, 9.17) is 32.7 Å². The number of ether oxygens (including phenoxy) is 2. The number of thiophene rings is 1. The molecule has 0 bridgehead atoms. The van der Waals surface area contributed by atoms with Crippen LogP contribution in [0, 0.1) is 0 Å². The van der Waals surface area contributed by atoms with Gasteiger partial charge in [0.15, 0.2) is 11.5 Å². The zero-order valence-electron chi connectivity index (χ0n) is 18.4. The highest BCUT2D eigenvalue weighted by Crippen LogP contribution is 2.35. The van der Waals surface area contributed by atoms with Crippen molar-refractivity contribution < 1.29 is 22.7 Å². The molecule has 0 unspecified atom stereocenters. The molecule has 0 saturated carbocycles. The Bertz CT molecular complexity index is 1350. The van der Waals surface area contributed by atoms with Gasteiger partial charge in [0.25, 0.3) is 15.9 Å². The fourth-order valence-corrected chi connectivity index (χ4v) is 7.20. The number of carbonyl (C=O) groups excluding carboxylic acids is 1. The molecule has 3 aromatic rings. The SMILES string of the molecule is O=C(c1ccc(NS(=O)(=O)c2cc(Cl)sc2Cl)cc1)N1CCN(Cc2ccc3c(c2)OCO3)CC1. The Morgan fingerprint density at radius 3 is 2.37 bits per heavy atom. The Morgan fingerprint density at radius 2 is 1.69 bits per heavy atom. The normalized spacial score (nSPS) is 15.9. The minimum atomic E-state index is -3.88. The van der Waals surface area contributed by atoms with Crippen LogP contribution in [0.3, 0.4) is 0 Å². The molecule has 8 nitrogen and oxygen atoms in total. The summed E-state index contributed by atoms with van der Waals surface area (Å²) in [4.78, 5) is 17.0. The van der Waals surface area contributed by atoms with Crippen LogP contribution in [-0.2, 0) is 16.6 Å². The Hall–Kier alpha value is -2.50. The number of amides is 1. The van der Waals surface area contributed by atoms with Crippen molar-refractivity contribution in [2.75, 3.05) is 37.7 Å². The molecule has 0 atom stereocenters. The highest BCUT2D eigenvalue weighted by Gasteiger charge is 2.24. The van der Waals surface area contributed by atoms with Crippen LogP contribution in [0.5, 0.6) is 11.5 Å². The molecule has 2 aliphatic rings. The van der Waals surface area contributed by atoms with Crippen molar-refractivity contribution in [2.45, 2.75) is 11.4 Å². The molecular formula is C23H21Cl2N3O5S2. The Kier molecular flexibility index (Phi) is 6.82. The van der Waals surface area contributed by atoms with E-state index in [0.29, 0.717) is 24.3 Å². The number of piperazine rings is 1. The summed E-state index contributed by atoms with van der Waals surface area (Å²) < 4.78 is 38.8. The lowest BCUT2D eigenvalue weighted by molar-refractivity contribution is 0.0628. The van der Waals surface area contributed by atoms with Gasteiger partial charge in [0.2, 0.25) is 6.79 Å². The van der Waals surface area contributed by atoms with Crippen molar-refractivity contribution in [1.29, 1.82) is 0 Å². The van der Waals surface area contributed by atoms with Gasteiger partial charge in [-0.1, -0.05) is 29.3 Å². The van der Waals surface area contributed by atoms with E-state index in [1.165, 1.54) is 6.07 Å². The van der Waals surface area contributed by atoms with Crippen LogP contribution in [0.1, 0.15) is 15.9 Å². The van der Waals surface area contributed by atoms with Crippen LogP contribution in [0.15, 0.2) is 53.4 Å². The van der Waals surface area contributed by atoms with Crippen molar-refractivity contribution in [3.8, 4) is 11.5 Å². The van der Waals surface area contributed by atoms with Gasteiger partial charge in [0, 0.05) is 44.0 Å². The standard InChI is InChI=1S/C23H21Cl2N3O5S2/c24-21-12-20(22(25)34-21)35(30,31)26-17-4-2-16(3-5-17)23(29)28-9-7-27(8-10-28)13-15-1-6-18-19(11-15)33-14-32-18/h1-6,11-12,26H,7-10,13-14H2. The van der Waals surface area contributed by atoms with Crippen molar-refractivity contribution in [3.63, 3.8) is 0 Å². The second kappa shape index (κ2) is 9.87. The molecule has 0 spiro atoms. The van der Waals surface area contributed by atoms with Gasteiger partial charge >= 0.3 is 0 Å². The summed E-state index contributed by atoms with van der Waals surface area (Å²) in [6.07, 6.45) is 0. The van der Waals surface area contributed by atoms with E-state index in [2.05, 4.69) is 9.62 Å². The predicted molar refractivity (Wildman–Crippen MR) is 135 cm³/mol. The fourth-order valence-electron chi connectivity index (χ4n) is 3.99. The molecule has 5 rings (SSSR count). The second-order valence-electron chi connectivity index (χ2n) is 8.13. The number of carbonyl (C=O) groups is 1. The van der Waals surface area contributed by atoms with Gasteiger partial charge in [-0.05, 0) is 48.0 Å². The lowest BCUT2D eigenvalue weighted by Gasteiger charge is -2.34. The first-order valence-corrected chi connectivity index (χ1v) is 13.8. The molecule has 1 N–H and O–H groups in total. The molecule has 0 aliphatic carbocycles. The summed E-state index contributed by atoms with van der Waals surface area (Å²) in [5.74, 6) is 1.45. The summed E-state index contributed by atoms with van der Waals surface area (Å²) >= 11 is 12.8. The molecule has 184 valence electrons. The summed E-state index contributed by atoms with van der Waals surface area (Å²) in [6.45, 7) is 3.74. The maximum Gasteiger partial charge on any atom is 0.264 e.